The molecule has 0 bridgehead atoms. The first-order valence-corrected chi connectivity index (χ1v) is 6.83. The molecule has 0 saturated heterocycles. The van der Waals surface area contributed by atoms with E-state index in [2.05, 4.69) is 16.6 Å². The Balaban J connectivity index is 2.14. The molecule has 0 amide bonds. The fraction of sp³-hybridized carbons (Fsp3) is 0.250. The maximum Gasteiger partial charge on any atom is 0.167 e. The SMILES string of the molecule is C#CCNC(=S)NCCSc1ccc(Cl)cc1. The van der Waals surface area contributed by atoms with Crippen LogP contribution in [0.5, 0.6) is 0 Å². The highest BCUT2D eigenvalue weighted by atomic mass is 35.5. The van der Waals surface area contributed by atoms with Crippen LogP contribution in [0, 0.1) is 12.3 Å². The molecule has 1 rings (SSSR count). The number of rotatable bonds is 5. The summed E-state index contributed by atoms with van der Waals surface area (Å²) in [5.41, 5.74) is 0. The third kappa shape index (κ3) is 6.42. The topological polar surface area (TPSA) is 24.1 Å². The Bertz CT molecular complexity index is 398. The van der Waals surface area contributed by atoms with E-state index in [0.29, 0.717) is 11.7 Å². The fourth-order valence-corrected chi connectivity index (χ4v) is 2.13. The molecule has 1 aromatic rings. The third-order valence-electron chi connectivity index (χ3n) is 1.82. The molecule has 0 heterocycles. The number of nitrogens with one attached hydrogen (secondary N) is 2. The zero-order valence-electron chi connectivity index (χ0n) is 9.20. The maximum absolute atomic E-state index is 5.80. The summed E-state index contributed by atoms with van der Waals surface area (Å²) >= 11 is 12.6. The van der Waals surface area contributed by atoms with Crippen LogP contribution in [0.4, 0.5) is 0 Å². The van der Waals surface area contributed by atoms with Crippen LogP contribution in [0.25, 0.3) is 0 Å². The molecular formula is C12H13ClN2S2. The van der Waals surface area contributed by atoms with Gasteiger partial charge in [-0.3, -0.25) is 0 Å². The summed E-state index contributed by atoms with van der Waals surface area (Å²) in [7, 11) is 0. The zero-order valence-corrected chi connectivity index (χ0v) is 11.6. The highest BCUT2D eigenvalue weighted by molar-refractivity contribution is 7.99. The summed E-state index contributed by atoms with van der Waals surface area (Å²) in [4.78, 5) is 1.19. The second-order valence-electron chi connectivity index (χ2n) is 3.12. The minimum atomic E-state index is 0.455. The van der Waals surface area contributed by atoms with Gasteiger partial charge >= 0.3 is 0 Å². The van der Waals surface area contributed by atoms with Crippen molar-refractivity contribution in [2.75, 3.05) is 18.8 Å². The van der Waals surface area contributed by atoms with Crippen LogP contribution < -0.4 is 10.6 Å². The van der Waals surface area contributed by atoms with Gasteiger partial charge in [0.05, 0.1) is 6.54 Å². The molecule has 2 N–H and O–H groups in total. The molecule has 2 nitrogen and oxygen atoms in total. The monoisotopic (exact) mass is 284 g/mol. The highest BCUT2D eigenvalue weighted by Crippen LogP contribution is 2.19. The number of halogens is 1. The first-order chi connectivity index (χ1) is 8.22. The van der Waals surface area contributed by atoms with E-state index in [4.69, 9.17) is 30.2 Å². The molecule has 0 aliphatic heterocycles. The van der Waals surface area contributed by atoms with Crippen LogP contribution >= 0.6 is 35.6 Å². The predicted molar refractivity (Wildman–Crippen MR) is 79.6 cm³/mol. The number of hydrogen-bond donors (Lipinski definition) is 2. The van der Waals surface area contributed by atoms with E-state index >= 15 is 0 Å². The van der Waals surface area contributed by atoms with Crippen LogP contribution in [-0.2, 0) is 0 Å². The molecule has 0 atom stereocenters. The Morgan fingerprint density at radius 2 is 2.06 bits per heavy atom. The number of thioether (sulfide) groups is 1. The molecule has 90 valence electrons. The molecule has 0 aliphatic carbocycles. The Kier molecular flexibility index (Phi) is 6.87. The van der Waals surface area contributed by atoms with Crippen molar-refractivity contribution < 1.29 is 0 Å². The van der Waals surface area contributed by atoms with Gasteiger partial charge in [-0.15, -0.1) is 18.2 Å². The van der Waals surface area contributed by atoms with Crippen molar-refractivity contribution in [3.8, 4) is 12.3 Å². The molecule has 0 radical (unpaired) electrons. The Morgan fingerprint density at radius 3 is 2.71 bits per heavy atom. The van der Waals surface area contributed by atoms with Gasteiger partial charge in [-0.25, -0.2) is 0 Å². The summed E-state index contributed by atoms with van der Waals surface area (Å²) < 4.78 is 0. The van der Waals surface area contributed by atoms with Crippen molar-refractivity contribution in [1.82, 2.24) is 10.6 Å². The van der Waals surface area contributed by atoms with Gasteiger partial charge in [-0.1, -0.05) is 17.5 Å². The smallest absolute Gasteiger partial charge is 0.167 e. The van der Waals surface area contributed by atoms with E-state index in [-0.39, 0.29) is 0 Å². The summed E-state index contributed by atoms with van der Waals surface area (Å²) in [5, 5.41) is 7.33. The number of benzene rings is 1. The summed E-state index contributed by atoms with van der Waals surface area (Å²) in [6.45, 7) is 1.25. The van der Waals surface area contributed by atoms with Crippen molar-refractivity contribution in [2.45, 2.75) is 4.90 Å². The van der Waals surface area contributed by atoms with E-state index < -0.39 is 0 Å². The van der Waals surface area contributed by atoms with E-state index in [1.165, 1.54) is 4.90 Å². The minimum absolute atomic E-state index is 0.455. The van der Waals surface area contributed by atoms with E-state index in [0.717, 1.165) is 17.3 Å². The summed E-state index contributed by atoms with van der Waals surface area (Å²) in [6, 6.07) is 7.77. The molecule has 0 fully saturated rings. The van der Waals surface area contributed by atoms with Gasteiger partial charge in [0.1, 0.15) is 0 Å². The number of terminal acetylenes is 1. The summed E-state index contributed by atoms with van der Waals surface area (Å²) in [5.74, 6) is 3.39. The lowest BCUT2D eigenvalue weighted by molar-refractivity contribution is 0.922. The van der Waals surface area contributed by atoms with Gasteiger partial charge in [0.15, 0.2) is 5.11 Å². The molecule has 5 heteroatoms. The van der Waals surface area contributed by atoms with Crippen molar-refractivity contribution in [3.05, 3.63) is 29.3 Å². The van der Waals surface area contributed by atoms with Gasteiger partial charge in [-0.2, -0.15) is 0 Å². The highest BCUT2D eigenvalue weighted by Gasteiger charge is 1.95. The van der Waals surface area contributed by atoms with Crippen molar-refractivity contribution in [1.29, 1.82) is 0 Å². The second kappa shape index (κ2) is 8.24. The minimum Gasteiger partial charge on any atom is -0.362 e. The van der Waals surface area contributed by atoms with Crippen LogP contribution in [0.1, 0.15) is 0 Å². The molecule has 17 heavy (non-hydrogen) atoms. The van der Waals surface area contributed by atoms with Crippen LogP contribution in [0.15, 0.2) is 29.2 Å². The Morgan fingerprint density at radius 1 is 1.35 bits per heavy atom. The molecular weight excluding hydrogens is 272 g/mol. The second-order valence-corrected chi connectivity index (χ2v) is 5.13. The lowest BCUT2D eigenvalue weighted by Gasteiger charge is -2.07. The Labute approximate surface area is 117 Å². The van der Waals surface area contributed by atoms with Crippen LogP contribution in [0.3, 0.4) is 0 Å². The van der Waals surface area contributed by atoms with Crippen molar-refractivity contribution >= 4 is 40.7 Å². The van der Waals surface area contributed by atoms with E-state index in [9.17, 15) is 0 Å². The largest absolute Gasteiger partial charge is 0.362 e. The molecule has 0 aromatic heterocycles. The lowest BCUT2D eigenvalue weighted by Crippen LogP contribution is -2.36. The van der Waals surface area contributed by atoms with E-state index in [1.807, 2.05) is 24.3 Å². The average molecular weight is 285 g/mol. The average Bonchev–Trinajstić information content (AvgIpc) is 2.34. The van der Waals surface area contributed by atoms with Gasteiger partial charge in [0.2, 0.25) is 0 Å². The molecule has 0 aliphatic rings. The first-order valence-electron chi connectivity index (χ1n) is 5.06. The van der Waals surface area contributed by atoms with Gasteiger partial charge in [-0.05, 0) is 36.5 Å². The number of thiocarbonyl (C=S) groups is 1. The third-order valence-corrected chi connectivity index (χ3v) is 3.38. The van der Waals surface area contributed by atoms with Crippen LogP contribution in [0.2, 0.25) is 5.02 Å². The first kappa shape index (κ1) is 14.2. The quantitative estimate of drug-likeness (QED) is 0.376. The normalized spacial score (nSPS) is 9.41. The van der Waals surface area contributed by atoms with Gasteiger partial charge < -0.3 is 10.6 Å². The van der Waals surface area contributed by atoms with Gasteiger partial charge in [0, 0.05) is 22.2 Å². The molecule has 0 spiro atoms. The molecule has 0 unspecified atom stereocenters. The van der Waals surface area contributed by atoms with E-state index in [1.54, 1.807) is 11.8 Å². The predicted octanol–water partition coefficient (Wildman–Crippen LogP) is 2.53. The van der Waals surface area contributed by atoms with Gasteiger partial charge in [0.25, 0.3) is 0 Å². The maximum atomic E-state index is 5.80. The van der Waals surface area contributed by atoms with Crippen molar-refractivity contribution in [3.63, 3.8) is 0 Å². The Hall–Kier alpha value is -0.890. The van der Waals surface area contributed by atoms with Crippen molar-refractivity contribution in [2.24, 2.45) is 0 Å². The lowest BCUT2D eigenvalue weighted by atomic mass is 10.4. The summed E-state index contributed by atoms with van der Waals surface area (Å²) in [6.07, 6.45) is 5.11. The van der Waals surface area contributed by atoms with Crippen LogP contribution in [-0.4, -0.2) is 24.0 Å². The molecule has 1 aromatic carbocycles. The fourth-order valence-electron chi connectivity index (χ4n) is 1.06. The molecule has 0 saturated carbocycles. The zero-order chi connectivity index (χ0) is 12.5. The standard InChI is InChI=1S/C12H13ClN2S2/c1-2-7-14-12(16)15-8-9-17-11-5-3-10(13)4-6-11/h1,3-6H,7-9H2,(H2,14,15,16). The number of hydrogen-bond acceptors (Lipinski definition) is 2.